The third-order valence-corrected chi connectivity index (χ3v) is 9.69. The molecule has 2 unspecified atom stereocenters. The molecule has 322 valence electrons. The number of esters is 2. The van der Waals surface area contributed by atoms with E-state index in [1.807, 2.05) is 21.1 Å². The fourth-order valence-electron chi connectivity index (χ4n) is 5.34. The van der Waals surface area contributed by atoms with Crippen LogP contribution in [0.1, 0.15) is 155 Å². The van der Waals surface area contributed by atoms with E-state index in [0.29, 0.717) is 23.9 Å². The smallest absolute Gasteiger partial charge is 0.462 e. The highest BCUT2D eigenvalue weighted by Crippen LogP contribution is 2.43. The largest absolute Gasteiger partial charge is 0.472 e. The van der Waals surface area contributed by atoms with Gasteiger partial charge in [0.2, 0.25) is 0 Å². The molecular weight excluding hydrogens is 725 g/mol. The third kappa shape index (κ3) is 41.1. The molecule has 0 bridgehead atoms. The number of phosphoric ester groups is 1. The highest BCUT2D eigenvalue weighted by Gasteiger charge is 2.27. The van der Waals surface area contributed by atoms with Crippen LogP contribution in [0.2, 0.25) is 0 Å². The molecule has 0 amide bonds. The molecule has 0 saturated carbocycles. The molecule has 1 N–H and O–H groups in total. The molecule has 0 aromatic rings. The summed E-state index contributed by atoms with van der Waals surface area (Å²) in [4.78, 5) is 35.3. The first-order valence-electron chi connectivity index (χ1n) is 21.7. The van der Waals surface area contributed by atoms with Crippen molar-refractivity contribution in [1.82, 2.24) is 0 Å². The van der Waals surface area contributed by atoms with Gasteiger partial charge in [-0.05, 0) is 77.0 Å². The maximum Gasteiger partial charge on any atom is 0.472 e. The van der Waals surface area contributed by atoms with Gasteiger partial charge in [0.05, 0.1) is 27.7 Å². The number of nitrogens with zero attached hydrogens (tertiary/aromatic N) is 1. The lowest BCUT2D eigenvalue weighted by molar-refractivity contribution is -0.870. The lowest BCUT2D eigenvalue weighted by Gasteiger charge is -2.24. The molecule has 0 radical (unpaired) electrons. The average molecular weight is 807 g/mol. The van der Waals surface area contributed by atoms with Gasteiger partial charge in [-0.2, -0.15) is 0 Å². The Balaban J connectivity index is 4.42. The van der Waals surface area contributed by atoms with E-state index in [2.05, 4.69) is 86.8 Å². The first kappa shape index (κ1) is 53.5. The second-order valence-electron chi connectivity index (χ2n) is 15.3. The van der Waals surface area contributed by atoms with Crippen molar-refractivity contribution in [2.45, 2.75) is 161 Å². The molecule has 0 aliphatic rings. The van der Waals surface area contributed by atoms with Crippen molar-refractivity contribution < 1.29 is 42.1 Å². The predicted octanol–water partition coefficient (Wildman–Crippen LogP) is 12.2. The van der Waals surface area contributed by atoms with Crippen LogP contribution < -0.4 is 0 Å². The molecule has 9 nitrogen and oxygen atoms in total. The van der Waals surface area contributed by atoms with Gasteiger partial charge in [0.15, 0.2) is 6.10 Å². The minimum Gasteiger partial charge on any atom is -0.462 e. The minimum atomic E-state index is -4.38. The van der Waals surface area contributed by atoms with E-state index >= 15 is 0 Å². The van der Waals surface area contributed by atoms with Crippen molar-refractivity contribution in [3.05, 3.63) is 72.9 Å². The second kappa shape index (κ2) is 38.0. The average Bonchev–Trinajstić information content (AvgIpc) is 3.15. The van der Waals surface area contributed by atoms with Crippen LogP contribution in [0, 0.1) is 0 Å². The number of rotatable bonds is 38. The Morgan fingerprint density at radius 1 is 0.571 bits per heavy atom. The number of phosphoric acid groups is 1. The summed E-state index contributed by atoms with van der Waals surface area (Å²) in [5.74, 6) is -0.839. The van der Waals surface area contributed by atoms with Crippen LogP contribution in [0.25, 0.3) is 0 Å². The first-order valence-corrected chi connectivity index (χ1v) is 23.2. The van der Waals surface area contributed by atoms with Crippen molar-refractivity contribution in [3.8, 4) is 0 Å². The van der Waals surface area contributed by atoms with E-state index in [1.165, 1.54) is 6.42 Å². The number of likely N-dealkylation sites (N-methyl/N-ethyl adjacent to an activating group) is 1. The van der Waals surface area contributed by atoms with Gasteiger partial charge in [0, 0.05) is 12.8 Å². The number of carbonyl (C=O) groups is 2. The SMILES string of the molecule is CC/C=C\C/C=C\C/C=C\C/C=C\CCCCCCCCC(=O)OC(COC(=O)CCCCCCC/C=C\C/C=C\CCC)COP(=O)(O)OCC[N+](C)(C)C. The summed E-state index contributed by atoms with van der Waals surface area (Å²) >= 11 is 0. The molecular formula is C46H81NO8P+. The van der Waals surface area contributed by atoms with E-state index in [1.54, 1.807) is 0 Å². The van der Waals surface area contributed by atoms with Gasteiger partial charge in [-0.15, -0.1) is 0 Å². The van der Waals surface area contributed by atoms with E-state index in [-0.39, 0.29) is 26.1 Å². The first-order chi connectivity index (χ1) is 27.0. The zero-order valence-corrected chi connectivity index (χ0v) is 37.0. The third-order valence-electron chi connectivity index (χ3n) is 8.70. The van der Waals surface area contributed by atoms with Gasteiger partial charge < -0.3 is 18.9 Å². The number of allylic oxidation sites excluding steroid dienone is 12. The molecule has 0 aromatic carbocycles. The Bertz CT molecular complexity index is 1180. The van der Waals surface area contributed by atoms with Crippen LogP contribution in [-0.4, -0.2) is 74.9 Å². The van der Waals surface area contributed by atoms with Crippen LogP contribution in [0.5, 0.6) is 0 Å². The summed E-state index contributed by atoms with van der Waals surface area (Å²) in [5, 5.41) is 0. The van der Waals surface area contributed by atoms with E-state index in [4.69, 9.17) is 18.5 Å². The van der Waals surface area contributed by atoms with Gasteiger partial charge >= 0.3 is 19.8 Å². The zero-order chi connectivity index (χ0) is 41.4. The molecule has 0 fully saturated rings. The number of ether oxygens (including phenoxy) is 2. The molecule has 0 aliphatic carbocycles. The van der Waals surface area contributed by atoms with Crippen LogP contribution in [0.15, 0.2) is 72.9 Å². The van der Waals surface area contributed by atoms with Gasteiger partial charge in [-0.1, -0.05) is 138 Å². The quantitative estimate of drug-likeness (QED) is 0.0216. The maximum absolute atomic E-state index is 12.7. The highest BCUT2D eigenvalue weighted by atomic mass is 31.2. The lowest BCUT2D eigenvalue weighted by atomic mass is 10.1. The Morgan fingerprint density at radius 2 is 1.02 bits per heavy atom. The number of hydrogen-bond acceptors (Lipinski definition) is 7. The summed E-state index contributed by atoms with van der Waals surface area (Å²) in [6, 6.07) is 0. The topological polar surface area (TPSA) is 108 Å². The number of quaternary nitrogens is 1. The van der Waals surface area contributed by atoms with Crippen LogP contribution >= 0.6 is 7.82 Å². The number of hydrogen-bond donors (Lipinski definition) is 1. The zero-order valence-electron chi connectivity index (χ0n) is 36.1. The molecule has 0 aliphatic heterocycles. The number of carbonyl (C=O) groups excluding carboxylic acids is 2. The van der Waals surface area contributed by atoms with Crippen molar-refractivity contribution in [2.75, 3.05) is 47.5 Å². The monoisotopic (exact) mass is 807 g/mol. The maximum atomic E-state index is 12.7. The molecule has 2 atom stereocenters. The van der Waals surface area contributed by atoms with Gasteiger partial charge in [-0.3, -0.25) is 18.6 Å². The standard InChI is InChI=1S/C46H80NO8P/c1-6-8-10-12-14-16-18-20-21-22-23-24-25-27-29-31-33-35-37-39-46(49)55-44(43-54-56(50,51)53-41-40-47(3,4)5)42-52-45(48)38-36-34-32-30-28-26-19-17-15-13-11-9-7-2/h8,10-11,13-14,16-17,19-21,23-24,44H,6-7,9,12,15,18,22,25-43H2,1-5H3/p+1/b10-8-,13-11-,16-14-,19-17-,21-20-,24-23-. The minimum absolute atomic E-state index is 0.0224. The van der Waals surface area contributed by atoms with Crippen LogP contribution in [0.3, 0.4) is 0 Å². The Kier molecular flexibility index (Phi) is 36.3. The fraction of sp³-hybridized carbons (Fsp3) is 0.696. The van der Waals surface area contributed by atoms with E-state index in [0.717, 1.165) is 109 Å². The molecule has 10 heteroatoms. The fourth-order valence-corrected chi connectivity index (χ4v) is 6.08. The Hall–Kier alpha value is -2.55. The molecule has 0 aromatic heterocycles. The summed E-state index contributed by atoms with van der Waals surface area (Å²) in [6.07, 6.45) is 46.6. The normalized spacial score (nSPS) is 14.3. The molecule has 0 heterocycles. The summed E-state index contributed by atoms with van der Waals surface area (Å²) in [7, 11) is 1.44. The van der Waals surface area contributed by atoms with Crippen LogP contribution in [0.4, 0.5) is 0 Å². The summed E-state index contributed by atoms with van der Waals surface area (Å²) in [5.41, 5.74) is 0. The Morgan fingerprint density at radius 3 is 1.52 bits per heavy atom. The van der Waals surface area contributed by atoms with E-state index < -0.39 is 32.5 Å². The summed E-state index contributed by atoms with van der Waals surface area (Å²) in [6.45, 7) is 4.19. The van der Waals surface area contributed by atoms with E-state index in [9.17, 15) is 19.0 Å². The van der Waals surface area contributed by atoms with Crippen molar-refractivity contribution in [2.24, 2.45) is 0 Å². The lowest BCUT2D eigenvalue weighted by Crippen LogP contribution is -2.37. The van der Waals surface area contributed by atoms with Gasteiger partial charge in [-0.25, -0.2) is 4.57 Å². The second-order valence-corrected chi connectivity index (χ2v) is 16.8. The molecule has 56 heavy (non-hydrogen) atoms. The van der Waals surface area contributed by atoms with Crippen molar-refractivity contribution in [3.63, 3.8) is 0 Å². The van der Waals surface area contributed by atoms with Crippen molar-refractivity contribution in [1.29, 1.82) is 0 Å². The molecule has 0 rings (SSSR count). The Labute approximate surface area is 342 Å². The molecule has 0 spiro atoms. The van der Waals surface area contributed by atoms with Crippen molar-refractivity contribution >= 4 is 19.8 Å². The van der Waals surface area contributed by atoms with Crippen LogP contribution in [-0.2, 0) is 32.7 Å². The summed E-state index contributed by atoms with van der Waals surface area (Å²) < 4.78 is 34.3. The van der Waals surface area contributed by atoms with Gasteiger partial charge in [0.1, 0.15) is 19.8 Å². The predicted molar refractivity (Wildman–Crippen MR) is 233 cm³/mol. The molecule has 0 saturated heterocycles. The van der Waals surface area contributed by atoms with Gasteiger partial charge in [0.25, 0.3) is 0 Å². The number of unbranched alkanes of at least 4 members (excludes halogenated alkanes) is 12. The highest BCUT2D eigenvalue weighted by molar-refractivity contribution is 7.47.